The molecule has 0 radical (unpaired) electrons. The predicted octanol–water partition coefficient (Wildman–Crippen LogP) is 0.800. The van der Waals surface area contributed by atoms with Crippen molar-refractivity contribution < 1.29 is 9.18 Å². The molecule has 86 valence electrons. The van der Waals surface area contributed by atoms with Gasteiger partial charge < -0.3 is 10.2 Å². The number of piperazine rings is 1. The molecule has 0 spiro atoms. The van der Waals surface area contributed by atoms with Crippen molar-refractivity contribution in [2.45, 2.75) is 6.42 Å². The first-order chi connectivity index (χ1) is 7.75. The summed E-state index contributed by atoms with van der Waals surface area (Å²) in [6, 6.07) is 6.22. The molecule has 1 heterocycles. The highest BCUT2D eigenvalue weighted by molar-refractivity contribution is 5.78. The number of hydrogen-bond donors (Lipinski definition) is 1. The van der Waals surface area contributed by atoms with Gasteiger partial charge in [-0.2, -0.15) is 0 Å². The Balaban J connectivity index is 1.96. The van der Waals surface area contributed by atoms with Crippen molar-refractivity contribution >= 4 is 5.91 Å². The monoisotopic (exact) mass is 222 g/mol. The molecular weight excluding hydrogens is 207 g/mol. The van der Waals surface area contributed by atoms with Gasteiger partial charge in [-0.1, -0.05) is 12.1 Å². The Labute approximate surface area is 94.3 Å². The van der Waals surface area contributed by atoms with E-state index < -0.39 is 0 Å². The standard InChI is InChI=1S/C12H15FN2O/c13-11-3-1-2-10(8-11)9-12(16)15-6-4-14-5-7-15/h1-3,8,14H,4-7,9H2. The molecule has 1 amide bonds. The molecule has 1 saturated heterocycles. The van der Waals surface area contributed by atoms with Crippen LogP contribution in [0.3, 0.4) is 0 Å². The lowest BCUT2D eigenvalue weighted by atomic mass is 10.1. The summed E-state index contributed by atoms with van der Waals surface area (Å²) in [6.45, 7) is 3.17. The molecule has 1 N–H and O–H groups in total. The lowest BCUT2D eigenvalue weighted by Crippen LogP contribution is -2.46. The Kier molecular flexibility index (Phi) is 3.51. The summed E-state index contributed by atoms with van der Waals surface area (Å²) in [6.07, 6.45) is 0.289. The fourth-order valence-electron chi connectivity index (χ4n) is 1.85. The third-order valence-corrected chi connectivity index (χ3v) is 2.71. The first-order valence-electron chi connectivity index (χ1n) is 5.48. The molecule has 3 nitrogen and oxygen atoms in total. The van der Waals surface area contributed by atoms with Crippen LogP contribution in [0.25, 0.3) is 0 Å². The number of carbonyl (C=O) groups excluding carboxylic acids is 1. The third-order valence-electron chi connectivity index (χ3n) is 2.71. The highest BCUT2D eigenvalue weighted by atomic mass is 19.1. The molecule has 16 heavy (non-hydrogen) atoms. The number of rotatable bonds is 2. The normalized spacial score (nSPS) is 16.2. The molecule has 0 saturated carbocycles. The Morgan fingerprint density at radius 1 is 1.38 bits per heavy atom. The molecule has 1 aliphatic rings. The molecule has 2 rings (SSSR count). The van der Waals surface area contributed by atoms with Crippen molar-refractivity contribution in [1.29, 1.82) is 0 Å². The lowest BCUT2D eigenvalue weighted by molar-refractivity contribution is -0.131. The smallest absolute Gasteiger partial charge is 0.227 e. The van der Waals surface area contributed by atoms with Gasteiger partial charge in [-0.05, 0) is 17.7 Å². The van der Waals surface area contributed by atoms with Gasteiger partial charge in [0.2, 0.25) is 5.91 Å². The Morgan fingerprint density at radius 3 is 2.81 bits per heavy atom. The molecule has 1 aromatic carbocycles. The van der Waals surface area contributed by atoms with E-state index in [-0.39, 0.29) is 18.1 Å². The van der Waals surface area contributed by atoms with Gasteiger partial charge in [0.05, 0.1) is 6.42 Å². The maximum atomic E-state index is 12.9. The second kappa shape index (κ2) is 5.07. The van der Waals surface area contributed by atoms with Crippen LogP contribution in [0.1, 0.15) is 5.56 Å². The highest BCUT2D eigenvalue weighted by Gasteiger charge is 2.16. The first-order valence-corrected chi connectivity index (χ1v) is 5.48. The molecule has 1 aromatic rings. The fraction of sp³-hybridized carbons (Fsp3) is 0.417. The van der Waals surface area contributed by atoms with Crippen LogP contribution in [0, 0.1) is 5.82 Å². The zero-order chi connectivity index (χ0) is 11.4. The summed E-state index contributed by atoms with van der Waals surface area (Å²) in [5, 5.41) is 3.19. The van der Waals surface area contributed by atoms with Crippen molar-refractivity contribution in [2.24, 2.45) is 0 Å². The number of nitrogens with one attached hydrogen (secondary N) is 1. The zero-order valence-electron chi connectivity index (χ0n) is 9.08. The van der Waals surface area contributed by atoms with Crippen LogP contribution in [0.4, 0.5) is 4.39 Å². The Morgan fingerprint density at radius 2 is 2.12 bits per heavy atom. The van der Waals surface area contributed by atoms with Crippen LogP contribution in [0.5, 0.6) is 0 Å². The van der Waals surface area contributed by atoms with Gasteiger partial charge in [-0.3, -0.25) is 4.79 Å². The van der Waals surface area contributed by atoms with Gasteiger partial charge in [-0.15, -0.1) is 0 Å². The third kappa shape index (κ3) is 2.79. The van der Waals surface area contributed by atoms with E-state index in [4.69, 9.17) is 0 Å². The van der Waals surface area contributed by atoms with Gasteiger partial charge in [0.1, 0.15) is 5.82 Å². The second-order valence-corrected chi connectivity index (χ2v) is 3.94. The topological polar surface area (TPSA) is 32.3 Å². The minimum absolute atomic E-state index is 0.0760. The van der Waals surface area contributed by atoms with Gasteiger partial charge in [0, 0.05) is 26.2 Å². The zero-order valence-corrected chi connectivity index (χ0v) is 9.08. The van der Waals surface area contributed by atoms with Crippen LogP contribution in [-0.2, 0) is 11.2 Å². The van der Waals surface area contributed by atoms with Crippen molar-refractivity contribution in [3.8, 4) is 0 Å². The van der Waals surface area contributed by atoms with Gasteiger partial charge in [0.25, 0.3) is 0 Å². The largest absolute Gasteiger partial charge is 0.340 e. The highest BCUT2D eigenvalue weighted by Crippen LogP contribution is 2.06. The summed E-state index contributed by atoms with van der Waals surface area (Å²) in [5.41, 5.74) is 0.739. The van der Waals surface area contributed by atoms with Gasteiger partial charge in [0.15, 0.2) is 0 Å². The number of halogens is 1. The Hall–Kier alpha value is -1.42. The predicted molar refractivity (Wildman–Crippen MR) is 59.6 cm³/mol. The molecule has 1 aliphatic heterocycles. The fourth-order valence-corrected chi connectivity index (χ4v) is 1.85. The maximum Gasteiger partial charge on any atom is 0.227 e. The van der Waals surface area contributed by atoms with Crippen LogP contribution in [-0.4, -0.2) is 37.0 Å². The van der Waals surface area contributed by atoms with E-state index in [0.717, 1.165) is 31.7 Å². The molecule has 0 aromatic heterocycles. The van der Waals surface area contributed by atoms with E-state index in [1.807, 2.05) is 4.90 Å². The summed E-state index contributed by atoms with van der Waals surface area (Å²) < 4.78 is 12.9. The molecular formula is C12H15FN2O. The minimum Gasteiger partial charge on any atom is -0.340 e. The summed E-state index contributed by atoms with van der Waals surface area (Å²) >= 11 is 0. The SMILES string of the molecule is O=C(Cc1cccc(F)c1)N1CCNCC1. The average Bonchev–Trinajstić information content (AvgIpc) is 2.30. The van der Waals surface area contributed by atoms with Gasteiger partial charge in [-0.25, -0.2) is 4.39 Å². The lowest BCUT2D eigenvalue weighted by Gasteiger charge is -2.27. The van der Waals surface area contributed by atoms with E-state index in [0.29, 0.717) is 0 Å². The molecule has 0 unspecified atom stereocenters. The van der Waals surface area contributed by atoms with Crippen LogP contribution in [0.2, 0.25) is 0 Å². The quantitative estimate of drug-likeness (QED) is 0.802. The first kappa shape index (κ1) is 11.1. The van der Waals surface area contributed by atoms with Crippen LogP contribution >= 0.6 is 0 Å². The Bertz CT molecular complexity index is 375. The molecule has 0 aliphatic carbocycles. The second-order valence-electron chi connectivity index (χ2n) is 3.94. The molecule has 4 heteroatoms. The van der Waals surface area contributed by atoms with E-state index in [9.17, 15) is 9.18 Å². The van der Waals surface area contributed by atoms with Crippen LogP contribution in [0.15, 0.2) is 24.3 Å². The maximum absolute atomic E-state index is 12.9. The molecule has 0 bridgehead atoms. The number of nitrogens with zero attached hydrogens (tertiary/aromatic N) is 1. The number of carbonyl (C=O) groups is 1. The van der Waals surface area contributed by atoms with Gasteiger partial charge >= 0.3 is 0 Å². The van der Waals surface area contributed by atoms with Crippen molar-refractivity contribution in [1.82, 2.24) is 10.2 Å². The van der Waals surface area contributed by atoms with E-state index >= 15 is 0 Å². The summed E-state index contributed by atoms with van der Waals surface area (Å²) in [7, 11) is 0. The summed E-state index contributed by atoms with van der Waals surface area (Å²) in [5.74, 6) is -0.210. The van der Waals surface area contributed by atoms with Crippen LogP contribution < -0.4 is 5.32 Å². The minimum atomic E-state index is -0.286. The van der Waals surface area contributed by atoms with E-state index in [1.54, 1.807) is 12.1 Å². The molecule has 0 atom stereocenters. The van der Waals surface area contributed by atoms with E-state index in [2.05, 4.69) is 5.32 Å². The number of benzene rings is 1. The van der Waals surface area contributed by atoms with Crippen molar-refractivity contribution in [2.75, 3.05) is 26.2 Å². The number of hydrogen-bond acceptors (Lipinski definition) is 2. The van der Waals surface area contributed by atoms with Crippen molar-refractivity contribution in [3.63, 3.8) is 0 Å². The van der Waals surface area contributed by atoms with E-state index in [1.165, 1.54) is 12.1 Å². The molecule has 1 fully saturated rings. The summed E-state index contributed by atoms with van der Waals surface area (Å²) in [4.78, 5) is 13.7. The number of amides is 1. The average molecular weight is 222 g/mol. The van der Waals surface area contributed by atoms with Crippen molar-refractivity contribution in [3.05, 3.63) is 35.6 Å².